The number of anilines is 1. The van der Waals surface area contributed by atoms with Gasteiger partial charge in [-0.15, -0.1) is 16.9 Å². The van der Waals surface area contributed by atoms with E-state index >= 15 is 0 Å². The smallest absolute Gasteiger partial charge is 0.327 e. The molecule has 0 saturated carbocycles. The Kier molecular flexibility index (Phi) is 5.87. The van der Waals surface area contributed by atoms with Gasteiger partial charge in [0.1, 0.15) is 17.5 Å². The Bertz CT molecular complexity index is 1130. The molecule has 10 heteroatoms. The van der Waals surface area contributed by atoms with E-state index in [-0.39, 0.29) is 11.5 Å². The summed E-state index contributed by atoms with van der Waals surface area (Å²) in [5.41, 5.74) is 2.34. The first-order valence-corrected chi connectivity index (χ1v) is 11.3. The highest BCUT2D eigenvalue weighted by molar-refractivity contribution is 8.01. The van der Waals surface area contributed by atoms with Gasteiger partial charge in [0.05, 0.1) is 16.9 Å². The van der Waals surface area contributed by atoms with Gasteiger partial charge in [0, 0.05) is 24.5 Å². The molecular formula is C23H25N5O4S. The van der Waals surface area contributed by atoms with Gasteiger partial charge < -0.3 is 20.2 Å². The summed E-state index contributed by atoms with van der Waals surface area (Å²) in [7, 11) is 3.90. The Morgan fingerprint density at radius 2 is 1.76 bits per heavy atom. The summed E-state index contributed by atoms with van der Waals surface area (Å²) in [6.45, 7) is 3.59. The fourth-order valence-corrected chi connectivity index (χ4v) is 5.67. The van der Waals surface area contributed by atoms with E-state index in [1.807, 2.05) is 43.3 Å². The topological polar surface area (TPSA) is 115 Å². The molecule has 3 atom stereocenters. The standard InChI is InChI=1S/C23H25N5O4S/c1-23(2)18(22(31)32)28-20(30)17(21(28)33-23)24-19(29)15-7-5-6-8-16(15)26-25-13-9-11-14(12-10-13)27(3)4/h5-12,17-18,21H,1-4H3,(H,24,29)(H,31,32)/t17-,18?,21?/m1/s1. The Hall–Kier alpha value is -3.40. The fourth-order valence-electron chi connectivity index (χ4n) is 4.05. The van der Waals surface area contributed by atoms with Crippen molar-refractivity contribution >= 4 is 46.6 Å². The first-order chi connectivity index (χ1) is 15.6. The van der Waals surface area contributed by atoms with Crippen LogP contribution in [0.15, 0.2) is 58.8 Å². The number of carboxylic acids is 1. The monoisotopic (exact) mass is 467 g/mol. The van der Waals surface area contributed by atoms with Crippen LogP contribution in [-0.2, 0) is 9.59 Å². The van der Waals surface area contributed by atoms with Gasteiger partial charge in [0.15, 0.2) is 0 Å². The largest absolute Gasteiger partial charge is 0.480 e. The summed E-state index contributed by atoms with van der Waals surface area (Å²) in [5, 5.41) is 20.4. The minimum absolute atomic E-state index is 0.287. The van der Waals surface area contributed by atoms with E-state index in [4.69, 9.17) is 0 Å². The van der Waals surface area contributed by atoms with E-state index in [0.29, 0.717) is 11.4 Å². The number of carboxylic acid groups (broad SMARTS) is 1. The maximum absolute atomic E-state index is 13.0. The molecule has 0 radical (unpaired) electrons. The third kappa shape index (κ3) is 4.18. The molecule has 2 fully saturated rings. The molecule has 2 unspecified atom stereocenters. The Balaban J connectivity index is 1.49. The molecule has 33 heavy (non-hydrogen) atoms. The minimum atomic E-state index is -1.04. The molecule has 0 spiro atoms. The number of rotatable bonds is 6. The van der Waals surface area contributed by atoms with Gasteiger partial charge in [-0.05, 0) is 50.2 Å². The number of carbonyl (C=O) groups excluding carboxylic acids is 2. The number of benzene rings is 2. The molecular weight excluding hydrogens is 442 g/mol. The second kappa shape index (κ2) is 8.51. The zero-order valence-electron chi connectivity index (χ0n) is 18.7. The van der Waals surface area contributed by atoms with Crippen molar-refractivity contribution in [2.75, 3.05) is 19.0 Å². The van der Waals surface area contributed by atoms with Crippen molar-refractivity contribution in [3.63, 3.8) is 0 Å². The average molecular weight is 468 g/mol. The lowest BCUT2D eigenvalue weighted by Crippen LogP contribution is -2.70. The number of fused-ring (bicyclic) bond motifs is 1. The number of carbonyl (C=O) groups is 3. The van der Waals surface area contributed by atoms with Crippen molar-refractivity contribution in [2.24, 2.45) is 10.2 Å². The molecule has 0 aliphatic carbocycles. The number of aliphatic carboxylic acids is 1. The maximum atomic E-state index is 13.0. The van der Waals surface area contributed by atoms with Crippen LogP contribution >= 0.6 is 11.8 Å². The average Bonchev–Trinajstić information content (AvgIpc) is 3.04. The number of azo groups is 1. The molecule has 2 aliphatic rings. The molecule has 4 rings (SSSR count). The van der Waals surface area contributed by atoms with Crippen molar-refractivity contribution in [1.82, 2.24) is 10.2 Å². The predicted molar refractivity (Wildman–Crippen MR) is 126 cm³/mol. The summed E-state index contributed by atoms with van der Waals surface area (Å²) in [6.07, 6.45) is 0. The van der Waals surface area contributed by atoms with Gasteiger partial charge in [-0.3, -0.25) is 9.59 Å². The number of thioether (sulfide) groups is 1. The van der Waals surface area contributed by atoms with Crippen LogP contribution in [0.2, 0.25) is 0 Å². The predicted octanol–water partition coefficient (Wildman–Crippen LogP) is 3.41. The molecule has 2 N–H and O–H groups in total. The van der Waals surface area contributed by atoms with Crippen molar-refractivity contribution in [2.45, 2.75) is 36.1 Å². The van der Waals surface area contributed by atoms with Gasteiger partial charge in [-0.1, -0.05) is 12.1 Å². The summed E-state index contributed by atoms with van der Waals surface area (Å²) in [6, 6.07) is 12.6. The Morgan fingerprint density at radius 3 is 2.39 bits per heavy atom. The molecule has 2 heterocycles. The van der Waals surface area contributed by atoms with E-state index in [0.717, 1.165) is 5.69 Å². The molecule has 2 saturated heterocycles. The van der Waals surface area contributed by atoms with Gasteiger partial charge >= 0.3 is 5.97 Å². The molecule has 2 aliphatic heterocycles. The summed E-state index contributed by atoms with van der Waals surface area (Å²) in [5.74, 6) is -1.89. The van der Waals surface area contributed by atoms with Crippen LogP contribution in [-0.4, -0.2) is 64.1 Å². The number of nitrogens with zero attached hydrogens (tertiary/aromatic N) is 4. The number of β-lactam (4-membered cyclic amide) rings is 1. The summed E-state index contributed by atoms with van der Waals surface area (Å²) < 4.78 is -0.653. The van der Waals surface area contributed by atoms with Crippen LogP contribution in [0.25, 0.3) is 0 Å². The number of nitrogens with one attached hydrogen (secondary N) is 1. The van der Waals surface area contributed by atoms with Crippen LogP contribution in [0.4, 0.5) is 17.1 Å². The first kappa shape index (κ1) is 22.8. The van der Waals surface area contributed by atoms with Crippen molar-refractivity contribution in [3.8, 4) is 0 Å². The maximum Gasteiger partial charge on any atom is 0.327 e. The van der Waals surface area contributed by atoms with Crippen LogP contribution in [0, 0.1) is 0 Å². The SMILES string of the molecule is CN(C)c1ccc(N=Nc2ccccc2C(=O)N[C@@H]2C(=O)N3C2SC(C)(C)C3C(=O)O)cc1. The highest BCUT2D eigenvalue weighted by atomic mass is 32.2. The lowest BCUT2D eigenvalue weighted by molar-refractivity contribution is -0.159. The van der Waals surface area contributed by atoms with Crippen molar-refractivity contribution in [1.29, 1.82) is 0 Å². The number of hydrogen-bond donors (Lipinski definition) is 2. The second-order valence-electron chi connectivity index (χ2n) is 8.68. The van der Waals surface area contributed by atoms with Crippen molar-refractivity contribution in [3.05, 3.63) is 54.1 Å². The molecule has 2 aromatic rings. The molecule has 0 aromatic heterocycles. The van der Waals surface area contributed by atoms with Gasteiger partial charge in [0.25, 0.3) is 5.91 Å². The van der Waals surface area contributed by atoms with E-state index in [2.05, 4.69) is 15.5 Å². The lowest BCUT2D eigenvalue weighted by Gasteiger charge is -2.43. The fraction of sp³-hybridized carbons (Fsp3) is 0.348. The summed E-state index contributed by atoms with van der Waals surface area (Å²) >= 11 is 1.38. The number of hydrogen-bond acceptors (Lipinski definition) is 7. The zero-order chi connectivity index (χ0) is 23.9. The highest BCUT2D eigenvalue weighted by Gasteiger charge is 2.64. The lowest BCUT2D eigenvalue weighted by atomic mass is 9.96. The van der Waals surface area contributed by atoms with Crippen LogP contribution in [0.1, 0.15) is 24.2 Å². The van der Waals surface area contributed by atoms with E-state index in [1.165, 1.54) is 16.7 Å². The van der Waals surface area contributed by atoms with Gasteiger partial charge in [-0.25, -0.2) is 4.79 Å². The first-order valence-electron chi connectivity index (χ1n) is 10.4. The van der Waals surface area contributed by atoms with Crippen LogP contribution in [0.3, 0.4) is 0 Å². The molecule has 2 amide bonds. The highest BCUT2D eigenvalue weighted by Crippen LogP contribution is 2.50. The molecule has 172 valence electrons. The molecule has 0 bridgehead atoms. The normalized spacial score (nSPS) is 23.2. The summed E-state index contributed by atoms with van der Waals surface area (Å²) in [4.78, 5) is 40.7. The van der Waals surface area contributed by atoms with E-state index in [9.17, 15) is 19.5 Å². The molecule has 2 aromatic carbocycles. The van der Waals surface area contributed by atoms with Gasteiger partial charge in [-0.2, -0.15) is 5.11 Å². The van der Waals surface area contributed by atoms with Crippen molar-refractivity contribution < 1.29 is 19.5 Å². The van der Waals surface area contributed by atoms with E-state index < -0.39 is 34.1 Å². The second-order valence-corrected chi connectivity index (χ2v) is 10.4. The van der Waals surface area contributed by atoms with E-state index in [1.54, 1.807) is 38.1 Å². The zero-order valence-corrected chi connectivity index (χ0v) is 19.5. The Labute approximate surface area is 195 Å². The van der Waals surface area contributed by atoms with Crippen LogP contribution < -0.4 is 10.2 Å². The van der Waals surface area contributed by atoms with Gasteiger partial charge in [0.2, 0.25) is 5.91 Å². The van der Waals surface area contributed by atoms with Crippen LogP contribution in [0.5, 0.6) is 0 Å². The Morgan fingerprint density at radius 1 is 1.09 bits per heavy atom. The molecule has 9 nitrogen and oxygen atoms in total. The quantitative estimate of drug-likeness (QED) is 0.497. The third-order valence-corrected chi connectivity index (χ3v) is 7.32. The third-order valence-electron chi connectivity index (χ3n) is 5.75. The number of amides is 2. The minimum Gasteiger partial charge on any atom is -0.480 e.